The molecule has 0 saturated heterocycles. The summed E-state index contributed by atoms with van der Waals surface area (Å²) < 4.78 is 21.7. The third-order valence-electron chi connectivity index (χ3n) is 5.55. The van der Waals surface area contributed by atoms with Crippen molar-refractivity contribution in [3.8, 4) is 11.5 Å². The normalized spacial score (nSPS) is 16.1. The summed E-state index contributed by atoms with van der Waals surface area (Å²) in [5.41, 5.74) is 2.75. The van der Waals surface area contributed by atoms with Gasteiger partial charge in [-0.2, -0.15) is 0 Å². The molecule has 1 N–H and O–H groups in total. The number of nitrogens with one attached hydrogen (secondary N) is 1. The van der Waals surface area contributed by atoms with Crippen molar-refractivity contribution in [1.82, 2.24) is 0 Å². The zero-order valence-electron chi connectivity index (χ0n) is 18.1. The molecule has 0 radical (unpaired) electrons. The lowest BCUT2D eigenvalue weighted by Gasteiger charge is -2.25. The molecule has 1 amide bonds. The Bertz CT molecular complexity index is 1260. The zero-order chi connectivity index (χ0) is 23.5. The minimum atomic E-state index is -0.657. The fourth-order valence-corrected chi connectivity index (χ4v) is 3.91. The van der Waals surface area contributed by atoms with E-state index in [1.807, 2.05) is 30.3 Å². The van der Waals surface area contributed by atoms with Crippen molar-refractivity contribution in [3.63, 3.8) is 0 Å². The highest BCUT2D eigenvalue weighted by Crippen LogP contribution is 2.33. The summed E-state index contributed by atoms with van der Waals surface area (Å²) in [7, 11) is 0. The number of ether oxygens (including phenoxy) is 4. The van der Waals surface area contributed by atoms with Gasteiger partial charge >= 0.3 is 11.9 Å². The minimum Gasteiger partial charge on any atom is -0.486 e. The van der Waals surface area contributed by atoms with Gasteiger partial charge in [0, 0.05) is 18.2 Å². The van der Waals surface area contributed by atoms with E-state index < -0.39 is 30.6 Å². The van der Waals surface area contributed by atoms with Crippen molar-refractivity contribution in [1.29, 1.82) is 0 Å². The molecule has 0 fully saturated rings. The number of fused-ring (bicyclic) bond motifs is 2. The van der Waals surface area contributed by atoms with Gasteiger partial charge in [-0.25, -0.2) is 9.59 Å². The maximum atomic E-state index is 12.6. The van der Waals surface area contributed by atoms with Crippen LogP contribution in [0.5, 0.6) is 11.5 Å². The lowest BCUT2D eigenvalue weighted by atomic mass is 9.93. The Balaban J connectivity index is 1.22. The van der Waals surface area contributed by atoms with Gasteiger partial charge in [0.1, 0.15) is 19.3 Å². The van der Waals surface area contributed by atoms with Crippen LogP contribution in [0.4, 0.5) is 5.69 Å². The van der Waals surface area contributed by atoms with Gasteiger partial charge in [0.05, 0.1) is 11.1 Å². The van der Waals surface area contributed by atoms with Crippen LogP contribution >= 0.6 is 0 Å². The molecule has 0 aromatic heterocycles. The second kappa shape index (κ2) is 9.27. The van der Waals surface area contributed by atoms with Gasteiger partial charge in [-0.15, -0.1) is 0 Å². The zero-order valence-corrected chi connectivity index (χ0v) is 18.1. The van der Waals surface area contributed by atoms with E-state index in [2.05, 4.69) is 5.32 Å². The molecule has 5 rings (SSSR count). The van der Waals surface area contributed by atoms with Crippen LogP contribution in [-0.4, -0.2) is 37.7 Å². The Labute approximate surface area is 195 Å². The van der Waals surface area contributed by atoms with Gasteiger partial charge < -0.3 is 24.3 Å². The molecule has 8 heteroatoms. The summed E-state index contributed by atoms with van der Waals surface area (Å²) in [5, 5.41) is 2.67. The van der Waals surface area contributed by atoms with Crippen LogP contribution in [0.25, 0.3) is 0 Å². The topological polar surface area (TPSA) is 100 Å². The summed E-state index contributed by atoms with van der Waals surface area (Å²) in [6.07, 6.45) is 0.0147. The van der Waals surface area contributed by atoms with Gasteiger partial charge in [-0.1, -0.05) is 30.3 Å². The van der Waals surface area contributed by atoms with E-state index in [-0.39, 0.29) is 5.56 Å². The molecule has 34 heavy (non-hydrogen) atoms. The maximum Gasteiger partial charge on any atom is 0.339 e. The first kappa shape index (κ1) is 21.5. The van der Waals surface area contributed by atoms with E-state index in [0.717, 1.165) is 5.56 Å². The second-order valence-electron chi connectivity index (χ2n) is 7.86. The summed E-state index contributed by atoms with van der Waals surface area (Å²) in [5.74, 6) is -0.427. The summed E-state index contributed by atoms with van der Waals surface area (Å²) in [6.45, 7) is 0.455. The van der Waals surface area contributed by atoms with Crippen molar-refractivity contribution in [2.24, 2.45) is 0 Å². The average Bonchev–Trinajstić information content (AvgIpc) is 2.87. The van der Waals surface area contributed by atoms with Crippen LogP contribution in [0.15, 0.2) is 66.7 Å². The van der Waals surface area contributed by atoms with E-state index >= 15 is 0 Å². The first-order chi connectivity index (χ1) is 16.6. The number of anilines is 1. The highest BCUT2D eigenvalue weighted by molar-refractivity contribution is 5.97. The molecule has 3 aromatic carbocycles. The maximum absolute atomic E-state index is 12.6. The largest absolute Gasteiger partial charge is 0.486 e. The van der Waals surface area contributed by atoms with Crippen LogP contribution in [0.2, 0.25) is 0 Å². The van der Waals surface area contributed by atoms with Gasteiger partial charge in [0.15, 0.2) is 18.1 Å². The van der Waals surface area contributed by atoms with E-state index in [1.165, 1.54) is 6.07 Å². The third kappa shape index (κ3) is 4.56. The molecule has 0 spiro atoms. The summed E-state index contributed by atoms with van der Waals surface area (Å²) >= 11 is 0. The van der Waals surface area contributed by atoms with Crippen LogP contribution in [-0.2, 0) is 20.7 Å². The number of benzene rings is 3. The smallest absolute Gasteiger partial charge is 0.339 e. The Kier molecular flexibility index (Phi) is 5.86. The fraction of sp³-hybridized carbons (Fsp3) is 0.192. The van der Waals surface area contributed by atoms with Crippen LogP contribution in [0.3, 0.4) is 0 Å². The average molecular weight is 459 g/mol. The molecule has 8 nitrogen and oxygen atoms in total. The fourth-order valence-electron chi connectivity index (χ4n) is 3.91. The van der Waals surface area contributed by atoms with Crippen molar-refractivity contribution >= 4 is 23.5 Å². The van der Waals surface area contributed by atoms with Gasteiger partial charge in [-0.3, -0.25) is 4.79 Å². The van der Waals surface area contributed by atoms with Gasteiger partial charge in [-0.05, 0) is 41.5 Å². The molecule has 0 bridgehead atoms. The SMILES string of the molecule is O=C(COC(=O)c1ccc2c(c1)C[C@H](c1ccccc1)OC2=O)Nc1ccc2c(c1)OCCO2. The number of esters is 2. The number of carbonyl (C=O) groups excluding carboxylic acids is 3. The molecule has 1 atom stereocenters. The van der Waals surface area contributed by atoms with Crippen molar-refractivity contribution in [3.05, 3.63) is 89.0 Å². The second-order valence-corrected chi connectivity index (χ2v) is 7.86. The highest BCUT2D eigenvalue weighted by Gasteiger charge is 2.28. The van der Waals surface area contributed by atoms with Crippen LogP contribution in [0.1, 0.15) is 37.9 Å². The Morgan fingerprint density at radius 3 is 2.56 bits per heavy atom. The number of hydrogen-bond donors (Lipinski definition) is 1. The van der Waals surface area contributed by atoms with E-state index in [1.54, 1.807) is 30.3 Å². The molecule has 2 aliphatic heterocycles. The molecule has 0 aliphatic carbocycles. The summed E-state index contributed by atoms with van der Waals surface area (Å²) in [6, 6.07) is 19.1. The van der Waals surface area contributed by atoms with Gasteiger partial charge in [0.25, 0.3) is 5.91 Å². The quantitative estimate of drug-likeness (QED) is 0.581. The van der Waals surface area contributed by atoms with Gasteiger partial charge in [0.2, 0.25) is 0 Å². The number of carbonyl (C=O) groups is 3. The molecule has 2 heterocycles. The van der Waals surface area contributed by atoms with Crippen molar-refractivity contribution in [2.45, 2.75) is 12.5 Å². The predicted octanol–water partition coefficient (Wildman–Crippen LogP) is 3.71. The number of amides is 1. The third-order valence-corrected chi connectivity index (χ3v) is 5.55. The number of rotatable bonds is 5. The molecular weight excluding hydrogens is 438 g/mol. The molecule has 0 saturated carbocycles. The Morgan fingerprint density at radius 1 is 0.941 bits per heavy atom. The van der Waals surface area contributed by atoms with Crippen LogP contribution < -0.4 is 14.8 Å². The molecule has 3 aromatic rings. The monoisotopic (exact) mass is 459 g/mol. The van der Waals surface area contributed by atoms with E-state index in [4.69, 9.17) is 18.9 Å². The first-order valence-electron chi connectivity index (χ1n) is 10.8. The Morgan fingerprint density at radius 2 is 1.74 bits per heavy atom. The lowest BCUT2D eigenvalue weighted by Crippen LogP contribution is -2.23. The van der Waals surface area contributed by atoms with E-state index in [0.29, 0.717) is 47.9 Å². The summed E-state index contributed by atoms with van der Waals surface area (Å²) in [4.78, 5) is 37.2. The van der Waals surface area contributed by atoms with E-state index in [9.17, 15) is 14.4 Å². The van der Waals surface area contributed by atoms with Crippen LogP contribution in [0, 0.1) is 0 Å². The minimum absolute atomic E-state index is 0.257. The lowest BCUT2D eigenvalue weighted by molar-refractivity contribution is -0.119. The molecule has 2 aliphatic rings. The standard InChI is InChI=1S/C26H21NO7/c28-24(27-19-7-9-21-23(14-19)32-11-10-31-21)15-33-25(29)17-6-8-20-18(12-17)13-22(34-26(20)30)16-4-2-1-3-5-16/h1-9,12,14,22H,10-11,13,15H2,(H,27,28)/t22-/m1/s1. The molecule has 0 unspecified atom stereocenters. The van der Waals surface area contributed by atoms with Crippen molar-refractivity contribution < 1.29 is 33.3 Å². The molecule has 172 valence electrons. The number of hydrogen-bond acceptors (Lipinski definition) is 7. The molecular formula is C26H21NO7. The van der Waals surface area contributed by atoms with Crippen molar-refractivity contribution in [2.75, 3.05) is 25.1 Å². The first-order valence-corrected chi connectivity index (χ1v) is 10.8. The highest BCUT2D eigenvalue weighted by atomic mass is 16.6. The number of cyclic esters (lactones) is 1. The predicted molar refractivity (Wildman–Crippen MR) is 121 cm³/mol. The Hall–Kier alpha value is -4.33.